The molecule has 0 aliphatic carbocycles. The predicted octanol–water partition coefficient (Wildman–Crippen LogP) is 4.02. The molecule has 0 spiro atoms. The van der Waals surface area contributed by atoms with E-state index in [-0.39, 0.29) is 6.04 Å². The number of pyridine rings is 1. The van der Waals surface area contributed by atoms with Crippen molar-refractivity contribution in [3.8, 4) is 5.75 Å². The summed E-state index contributed by atoms with van der Waals surface area (Å²) in [5.41, 5.74) is 6.71. The molecule has 0 bridgehead atoms. The van der Waals surface area contributed by atoms with Gasteiger partial charge in [0, 0.05) is 23.8 Å². The van der Waals surface area contributed by atoms with E-state index in [0.29, 0.717) is 22.5 Å². The van der Waals surface area contributed by atoms with Gasteiger partial charge in [-0.3, -0.25) is 0 Å². The number of nitrogens with two attached hydrogens (primary N) is 1. The van der Waals surface area contributed by atoms with Gasteiger partial charge in [-0.2, -0.15) is 0 Å². The Morgan fingerprint density at radius 1 is 1.27 bits per heavy atom. The fourth-order valence-electron chi connectivity index (χ4n) is 2.71. The maximum atomic E-state index is 6.26. The molecule has 3 rings (SSSR count). The number of aromatic nitrogens is 1. The fourth-order valence-corrected chi connectivity index (χ4v) is 3.05. The second-order valence-electron chi connectivity index (χ2n) is 5.31. The van der Waals surface area contributed by atoms with Gasteiger partial charge in [0.05, 0.1) is 16.8 Å². The van der Waals surface area contributed by atoms with E-state index in [9.17, 15) is 0 Å². The van der Waals surface area contributed by atoms with Crippen molar-refractivity contribution in [2.75, 3.05) is 23.8 Å². The lowest BCUT2D eigenvalue weighted by Crippen LogP contribution is -2.34. The summed E-state index contributed by atoms with van der Waals surface area (Å²) in [4.78, 5) is 6.26. The van der Waals surface area contributed by atoms with E-state index in [2.05, 4.69) is 9.88 Å². The van der Waals surface area contributed by atoms with Crippen LogP contribution in [0.2, 0.25) is 10.0 Å². The molecule has 4 nitrogen and oxygen atoms in total. The number of nitrogens with zero attached hydrogens (tertiary/aromatic N) is 2. The second-order valence-corrected chi connectivity index (χ2v) is 6.16. The van der Waals surface area contributed by atoms with Crippen molar-refractivity contribution < 1.29 is 4.74 Å². The fraction of sp³-hybridized carbons (Fsp3) is 0.312. The molecule has 1 atom stereocenters. The first-order valence-corrected chi connectivity index (χ1v) is 7.95. The number of hydrogen-bond acceptors (Lipinski definition) is 4. The van der Waals surface area contributed by atoms with Gasteiger partial charge in [0.25, 0.3) is 0 Å². The van der Waals surface area contributed by atoms with E-state index in [4.69, 9.17) is 33.7 Å². The molecule has 2 aromatic rings. The van der Waals surface area contributed by atoms with Crippen molar-refractivity contribution >= 4 is 34.7 Å². The average Bonchev–Trinajstić information content (AvgIpc) is 2.97. The molecule has 2 heterocycles. The molecule has 0 amide bonds. The SMILES string of the molecule is Nc1cc(N2CCCC2COc2ccc(Cl)cc2)c(Cl)cn1. The number of ether oxygens (including phenoxy) is 1. The summed E-state index contributed by atoms with van der Waals surface area (Å²) in [7, 11) is 0. The van der Waals surface area contributed by atoms with E-state index >= 15 is 0 Å². The summed E-state index contributed by atoms with van der Waals surface area (Å²) in [5.74, 6) is 1.29. The normalized spacial score (nSPS) is 17.7. The third-order valence-electron chi connectivity index (χ3n) is 3.80. The van der Waals surface area contributed by atoms with Gasteiger partial charge in [0.15, 0.2) is 0 Å². The van der Waals surface area contributed by atoms with Crippen LogP contribution in [0.3, 0.4) is 0 Å². The number of nitrogen functional groups attached to an aromatic ring is 1. The van der Waals surface area contributed by atoms with Crippen LogP contribution in [0.5, 0.6) is 5.75 Å². The van der Waals surface area contributed by atoms with Crippen molar-refractivity contribution in [3.05, 3.63) is 46.6 Å². The molecule has 2 N–H and O–H groups in total. The minimum Gasteiger partial charge on any atom is -0.491 e. The predicted molar refractivity (Wildman–Crippen MR) is 91.0 cm³/mol. The monoisotopic (exact) mass is 337 g/mol. The van der Waals surface area contributed by atoms with Crippen LogP contribution in [0.4, 0.5) is 11.5 Å². The van der Waals surface area contributed by atoms with Crippen molar-refractivity contribution in [3.63, 3.8) is 0 Å². The lowest BCUT2D eigenvalue weighted by Gasteiger charge is -2.27. The summed E-state index contributed by atoms with van der Waals surface area (Å²) in [6, 6.07) is 9.49. The molecule has 1 aliphatic rings. The minimum atomic E-state index is 0.273. The number of benzene rings is 1. The van der Waals surface area contributed by atoms with E-state index in [1.165, 1.54) is 0 Å². The van der Waals surface area contributed by atoms with Gasteiger partial charge in [-0.25, -0.2) is 4.98 Å². The molecule has 1 aliphatic heterocycles. The quantitative estimate of drug-likeness (QED) is 0.915. The maximum Gasteiger partial charge on any atom is 0.125 e. The van der Waals surface area contributed by atoms with E-state index in [1.807, 2.05) is 30.3 Å². The van der Waals surface area contributed by atoms with Gasteiger partial charge in [0.1, 0.15) is 18.2 Å². The van der Waals surface area contributed by atoms with E-state index in [1.54, 1.807) is 6.20 Å². The Balaban J connectivity index is 1.70. The third kappa shape index (κ3) is 3.39. The molecular formula is C16H17Cl2N3O. The van der Waals surface area contributed by atoms with Crippen molar-refractivity contribution in [2.45, 2.75) is 18.9 Å². The van der Waals surface area contributed by atoms with Gasteiger partial charge in [-0.05, 0) is 37.1 Å². The molecule has 0 radical (unpaired) electrons. The first kappa shape index (κ1) is 15.3. The lowest BCUT2D eigenvalue weighted by atomic mass is 10.2. The molecule has 116 valence electrons. The van der Waals surface area contributed by atoms with E-state index in [0.717, 1.165) is 30.8 Å². The summed E-state index contributed by atoms with van der Waals surface area (Å²) in [6.45, 7) is 1.54. The Labute approximate surface area is 139 Å². The summed E-state index contributed by atoms with van der Waals surface area (Å²) < 4.78 is 5.88. The molecule has 1 unspecified atom stereocenters. The molecular weight excluding hydrogens is 321 g/mol. The van der Waals surface area contributed by atoms with Crippen LogP contribution >= 0.6 is 23.2 Å². The average molecular weight is 338 g/mol. The number of anilines is 2. The van der Waals surface area contributed by atoms with Gasteiger partial charge in [-0.15, -0.1) is 0 Å². The Bertz CT molecular complexity index is 648. The third-order valence-corrected chi connectivity index (χ3v) is 4.34. The van der Waals surface area contributed by atoms with Crippen molar-refractivity contribution in [2.24, 2.45) is 0 Å². The first-order valence-electron chi connectivity index (χ1n) is 7.19. The molecule has 1 aromatic heterocycles. The largest absolute Gasteiger partial charge is 0.491 e. The highest BCUT2D eigenvalue weighted by Gasteiger charge is 2.27. The standard InChI is InChI=1S/C16H17Cl2N3O/c17-11-3-5-13(6-4-11)22-10-12-2-1-7-21(12)15-8-16(19)20-9-14(15)18/h3-6,8-9,12H,1-2,7,10H2,(H2,19,20). The smallest absolute Gasteiger partial charge is 0.125 e. The first-order chi connectivity index (χ1) is 10.6. The molecule has 0 saturated carbocycles. The Morgan fingerprint density at radius 3 is 2.82 bits per heavy atom. The van der Waals surface area contributed by atoms with Crippen LogP contribution in [0.25, 0.3) is 0 Å². The lowest BCUT2D eigenvalue weighted by molar-refractivity contribution is 0.288. The van der Waals surface area contributed by atoms with Crippen LogP contribution in [0, 0.1) is 0 Å². The summed E-state index contributed by atoms with van der Waals surface area (Å²) in [6.07, 6.45) is 3.76. The van der Waals surface area contributed by atoms with Crippen LogP contribution in [-0.4, -0.2) is 24.2 Å². The van der Waals surface area contributed by atoms with Crippen molar-refractivity contribution in [1.29, 1.82) is 0 Å². The van der Waals surface area contributed by atoms with Gasteiger partial charge in [-0.1, -0.05) is 23.2 Å². The van der Waals surface area contributed by atoms with Gasteiger partial charge >= 0.3 is 0 Å². The molecule has 6 heteroatoms. The second kappa shape index (κ2) is 6.63. The van der Waals surface area contributed by atoms with Gasteiger partial charge in [0.2, 0.25) is 0 Å². The van der Waals surface area contributed by atoms with Crippen LogP contribution in [-0.2, 0) is 0 Å². The zero-order valence-electron chi connectivity index (χ0n) is 12.0. The highest BCUT2D eigenvalue weighted by Crippen LogP contribution is 2.32. The summed E-state index contributed by atoms with van der Waals surface area (Å²) in [5, 5.41) is 1.32. The van der Waals surface area contributed by atoms with Crippen LogP contribution in [0.15, 0.2) is 36.5 Å². The molecule has 1 fully saturated rings. The van der Waals surface area contributed by atoms with Crippen LogP contribution < -0.4 is 15.4 Å². The Kier molecular flexibility index (Phi) is 4.60. The highest BCUT2D eigenvalue weighted by molar-refractivity contribution is 6.33. The minimum absolute atomic E-state index is 0.273. The Morgan fingerprint density at radius 2 is 2.05 bits per heavy atom. The molecule has 1 aromatic carbocycles. The molecule has 1 saturated heterocycles. The van der Waals surface area contributed by atoms with Gasteiger partial charge < -0.3 is 15.4 Å². The zero-order valence-corrected chi connectivity index (χ0v) is 13.5. The zero-order chi connectivity index (χ0) is 15.5. The molecule has 22 heavy (non-hydrogen) atoms. The van der Waals surface area contributed by atoms with Crippen LogP contribution in [0.1, 0.15) is 12.8 Å². The summed E-state index contributed by atoms with van der Waals surface area (Å²) >= 11 is 12.1. The highest BCUT2D eigenvalue weighted by atomic mass is 35.5. The topological polar surface area (TPSA) is 51.4 Å². The maximum absolute atomic E-state index is 6.26. The number of hydrogen-bond donors (Lipinski definition) is 1. The van der Waals surface area contributed by atoms with E-state index < -0.39 is 0 Å². The number of rotatable bonds is 4. The van der Waals surface area contributed by atoms with Crippen molar-refractivity contribution in [1.82, 2.24) is 4.98 Å². The number of halogens is 2. The Hall–Kier alpha value is -1.65.